The van der Waals surface area contributed by atoms with Crippen molar-refractivity contribution in [3.8, 4) is 11.3 Å². The average Bonchev–Trinajstić information content (AvgIpc) is 3.36. The molecule has 0 N–H and O–H groups in total. The van der Waals surface area contributed by atoms with Gasteiger partial charge >= 0.3 is 0 Å². The van der Waals surface area contributed by atoms with Crippen molar-refractivity contribution >= 4 is 27.8 Å². The van der Waals surface area contributed by atoms with Gasteiger partial charge in [-0.2, -0.15) is 0 Å². The van der Waals surface area contributed by atoms with Gasteiger partial charge in [0.1, 0.15) is 6.17 Å². The maximum absolute atomic E-state index is 13.4. The van der Waals surface area contributed by atoms with E-state index in [-0.39, 0.29) is 25.0 Å². The number of pyridine rings is 1. The van der Waals surface area contributed by atoms with Gasteiger partial charge in [-0.05, 0) is 56.9 Å². The summed E-state index contributed by atoms with van der Waals surface area (Å²) in [6.45, 7) is 6.10. The zero-order valence-corrected chi connectivity index (χ0v) is 20.2. The molecule has 2 fully saturated rings. The second-order valence-electron chi connectivity index (χ2n) is 9.84. The van der Waals surface area contributed by atoms with Crippen molar-refractivity contribution in [3.63, 3.8) is 0 Å². The molecule has 0 unspecified atom stereocenters. The Balaban J connectivity index is 1.53. The molecule has 35 heavy (non-hydrogen) atoms. The van der Waals surface area contributed by atoms with Gasteiger partial charge in [0.05, 0.1) is 41.0 Å². The van der Waals surface area contributed by atoms with Gasteiger partial charge < -0.3 is 14.2 Å². The highest BCUT2D eigenvalue weighted by atomic mass is 19.1. The molecule has 182 valence electrons. The van der Waals surface area contributed by atoms with E-state index in [1.165, 1.54) is 0 Å². The van der Waals surface area contributed by atoms with E-state index in [1.807, 2.05) is 38.4 Å². The summed E-state index contributed by atoms with van der Waals surface area (Å²) in [5.41, 5.74) is 6.24. The minimum Gasteiger partial charge on any atom is -0.381 e. The first-order chi connectivity index (χ1) is 16.9. The number of amides is 1. The largest absolute Gasteiger partial charge is 0.381 e. The Morgan fingerprint density at radius 1 is 1.17 bits per heavy atom. The molecular weight excluding hydrogens is 447 g/mol. The van der Waals surface area contributed by atoms with E-state index in [9.17, 15) is 9.18 Å². The van der Waals surface area contributed by atoms with Crippen LogP contribution in [0.3, 0.4) is 0 Å². The van der Waals surface area contributed by atoms with Crippen molar-refractivity contribution in [2.24, 2.45) is 13.0 Å². The molecule has 1 amide bonds. The minimum atomic E-state index is -0.921. The van der Waals surface area contributed by atoms with Crippen molar-refractivity contribution in [1.29, 1.82) is 0 Å². The van der Waals surface area contributed by atoms with Crippen LogP contribution in [-0.4, -0.2) is 67.8 Å². The summed E-state index contributed by atoms with van der Waals surface area (Å²) >= 11 is 0. The Morgan fingerprint density at radius 3 is 2.63 bits per heavy atom. The zero-order valence-electron chi connectivity index (χ0n) is 20.2. The molecule has 5 heterocycles. The Hall–Kier alpha value is -3.33. The molecule has 1 atom stereocenters. The van der Waals surface area contributed by atoms with E-state index in [0.29, 0.717) is 11.5 Å². The average molecular weight is 477 g/mol. The number of ether oxygens (including phenoxy) is 1. The fourth-order valence-electron chi connectivity index (χ4n) is 5.65. The van der Waals surface area contributed by atoms with Crippen LogP contribution in [-0.2, 0) is 11.8 Å². The lowest BCUT2D eigenvalue weighted by Crippen LogP contribution is -2.51. The molecule has 9 heteroatoms. The minimum absolute atomic E-state index is 0.132. The fraction of sp³-hybridized carbons (Fsp3) is 0.462. The van der Waals surface area contributed by atoms with Gasteiger partial charge in [-0.1, -0.05) is 5.21 Å². The van der Waals surface area contributed by atoms with Gasteiger partial charge in [-0.25, -0.2) is 9.07 Å². The van der Waals surface area contributed by atoms with Crippen LogP contribution in [0.1, 0.15) is 41.9 Å². The summed E-state index contributed by atoms with van der Waals surface area (Å²) in [6.07, 6.45) is 2.95. The second-order valence-corrected chi connectivity index (χ2v) is 9.84. The number of halogens is 1. The Bertz CT molecular complexity index is 1410. The summed E-state index contributed by atoms with van der Waals surface area (Å²) < 4.78 is 23.1. The molecule has 8 nitrogen and oxygen atoms in total. The topological polar surface area (TPSA) is 78.1 Å². The molecule has 2 aliphatic heterocycles. The smallest absolute Gasteiger partial charge is 0.254 e. The van der Waals surface area contributed by atoms with Crippen molar-refractivity contribution in [2.75, 3.05) is 26.3 Å². The van der Waals surface area contributed by atoms with Crippen LogP contribution in [0, 0.1) is 12.8 Å². The molecule has 0 saturated carbocycles. The number of hydrogen-bond donors (Lipinski definition) is 0. The molecule has 2 saturated heterocycles. The number of rotatable bonds is 4. The number of aromatic nitrogens is 5. The first kappa shape index (κ1) is 22.2. The van der Waals surface area contributed by atoms with Gasteiger partial charge in [0, 0.05) is 49.0 Å². The summed E-state index contributed by atoms with van der Waals surface area (Å²) in [5.74, 6) is 0.350. The molecule has 4 aromatic rings. The fourth-order valence-corrected chi connectivity index (χ4v) is 5.65. The molecule has 2 aliphatic rings. The lowest BCUT2D eigenvalue weighted by Gasteiger charge is -2.34. The number of alkyl halides is 1. The zero-order chi connectivity index (χ0) is 24.3. The summed E-state index contributed by atoms with van der Waals surface area (Å²) in [5, 5.41) is 9.31. The molecule has 0 bridgehead atoms. The van der Waals surface area contributed by atoms with Crippen molar-refractivity contribution in [1.82, 2.24) is 29.4 Å². The molecule has 0 spiro atoms. The highest BCUT2D eigenvalue weighted by molar-refractivity contribution is 6.09. The van der Waals surface area contributed by atoms with E-state index in [2.05, 4.69) is 27.9 Å². The van der Waals surface area contributed by atoms with Gasteiger partial charge in [0.15, 0.2) is 0 Å². The number of carbonyl (C=O) groups is 1. The Morgan fingerprint density at radius 2 is 1.94 bits per heavy atom. The lowest BCUT2D eigenvalue weighted by atomic mass is 9.92. The third-order valence-electron chi connectivity index (χ3n) is 7.63. The van der Waals surface area contributed by atoms with Crippen molar-refractivity contribution < 1.29 is 13.9 Å². The Kier molecular flexibility index (Phi) is 5.32. The monoisotopic (exact) mass is 476 g/mol. The number of fused-ring (bicyclic) bond motifs is 3. The Labute approximate surface area is 202 Å². The highest BCUT2D eigenvalue weighted by Crippen LogP contribution is 2.38. The van der Waals surface area contributed by atoms with Gasteiger partial charge in [0.2, 0.25) is 0 Å². The first-order valence-corrected chi connectivity index (χ1v) is 12.2. The van der Waals surface area contributed by atoms with E-state index in [1.54, 1.807) is 9.58 Å². The van der Waals surface area contributed by atoms with Gasteiger partial charge in [-0.15, -0.1) is 5.10 Å². The second kappa shape index (κ2) is 8.41. The van der Waals surface area contributed by atoms with E-state index in [4.69, 9.17) is 9.72 Å². The highest BCUT2D eigenvalue weighted by Gasteiger charge is 2.32. The number of nitrogens with zero attached hydrogens (tertiary/aromatic N) is 6. The molecule has 1 aromatic carbocycles. The molecule has 6 rings (SSSR count). The maximum Gasteiger partial charge on any atom is 0.254 e. The van der Waals surface area contributed by atoms with Crippen LogP contribution in [0.5, 0.6) is 0 Å². The summed E-state index contributed by atoms with van der Waals surface area (Å²) in [4.78, 5) is 19.4. The summed E-state index contributed by atoms with van der Waals surface area (Å²) in [6, 6.07) is 8.18. The number of carbonyl (C=O) groups excluding carboxylic acids is 1. The van der Waals surface area contributed by atoms with Gasteiger partial charge in [0.25, 0.3) is 5.91 Å². The van der Waals surface area contributed by atoms with Crippen LogP contribution >= 0.6 is 0 Å². The predicted octanol–water partition coefficient (Wildman–Crippen LogP) is 4.07. The third-order valence-corrected chi connectivity index (χ3v) is 7.63. The number of likely N-dealkylation sites (tertiary alicyclic amines) is 1. The lowest BCUT2D eigenvalue weighted by molar-refractivity contribution is 0.0400. The first-order valence-electron chi connectivity index (χ1n) is 12.2. The van der Waals surface area contributed by atoms with Crippen molar-refractivity contribution in [3.05, 3.63) is 41.7 Å². The molecule has 0 radical (unpaired) electrons. The number of benzene rings is 1. The molecule has 0 aliphatic carbocycles. The summed E-state index contributed by atoms with van der Waals surface area (Å²) in [7, 11) is 1.88. The van der Waals surface area contributed by atoms with E-state index in [0.717, 1.165) is 64.9 Å². The van der Waals surface area contributed by atoms with Crippen LogP contribution in [0.2, 0.25) is 0 Å². The molecular formula is C26H29FN6O2. The number of aryl methyl sites for hydroxylation is 2. The predicted molar refractivity (Wildman–Crippen MR) is 131 cm³/mol. The normalized spacial score (nSPS) is 18.3. The SMILES string of the molecule is Cc1nnn(C)c1-c1cnc2c3cc(C(=O)N4CC(F)C4)ccc3n([C@H](C)C3CCOCC3)c2c1. The maximum atomic E-state index is 13.4. The van der Waals surface area contributed by atoms with Crippen molar-refractivity contribution in [2.45, 2.75) is 38.9 Å². The van der Waals surface area contributed by atoms with Crippen LogP contribution in [0.4, 0.5) is 4.39 Å². The van der Waals surface area contributed by atoms with Crippen LogP contribution in [0.25, 0.3) is 33.2 Å². The third kappa shape index (κ3) is 3.60. The van der Waals surface area contributed by atoms with E-state index < -0.39 is 6.17 Å². The van der Waals surface area contributed by atoms with Crippen LogP contribution < -0.4 is 0 Å². The van der Waals surface area contributed by atoms with Crippen LogP contribution in [0.15, 0.2) is 30.5 Å². The standard InChI is InChI=1S/C26H29FN6O2/c1-15-25(31(3)30-29-15)19-11-23-24(28-12-19)21-10-18(26(34)32-13-20(27)14-32)4-5-22(21)33(23)16(2)17-6-8-35-9-7-17/h4-5,10-12,16-17,20H,6-9,13-14H2,1-3H3/t16-/m1/s1. The van der Waals surface area contributed by atoms with Gasteiger partial charge in [-0.3, -0.25) is 9.78 Å². The molecule has 3 aromatic heterocycles. The quantitative estimate of drug-likeness (QED) is 0.444. The van der Waals surface area contributed by atoms with E-state index >= 15 is 0 Å². The number of hydrogen-bond acceptors (Lipinski definition) is 5.